The number of fused-ring (bicyclic) bond motifs is 7. The van der Waals surface area contributed by atoms with E-state index in [9.17, 15) is 9.90 Å². The fourth-order valence-electron chi connectivity index (χ4n) is 13.3. The van der Waals surface area contributed by atoms with Crippen molar-refractivity contribution in [3.8, 4) is 0 Å². The highest BCUT2D eigenvalue weighted by Crippen LogP contribution is 2.79. The number of aliphatic hydroxyl groups is 1. The molecule has 44 heavy (non-hydrogen) atoms. The summed E-state index contributed by atoms with van der Waals surface area (Å²) >= 11 is 0. The van der Waals surface area contributed by atoms with Crippen molar-refractivity contribution < 1.29 is 19.4 Å². The van der Waals surface area contributed by atoms with E-state index in [1.54, 1.807) is 7.11 Å². The molecule has 6 nitrogen and oxygen atoms in total. The van der Waals surface area contributed by atoms with E-state index in [4.69, 9.17) is 9.47 Å². The van der Waals surface area contributed by atoms with Crippen LogP contribution in [0.4, 0.5) is 0 Å². The molecule has 0 aromatic rings. The van der Waals surface area contributed by atoms with Gasteiger partial charge in [0.05, 0.1) is 31.3 Å². The van der Waals surface area contributed by atoms with E-state index < -0.39 is 0 Å². The molecule has 252 valence electrons. The summed E-state index contributed by atoms with van der Waals surface area (Å²) in [6.45, 7) is 19.5. The van der Waals surface area contributed by atoms with Crippen LogP contribution < -0.4 is 10.6 Å². The number of amides is 1. The standard InChI is InChI=1S/C38H66N2O4/c1-33(2)28-11-14-37(6)29(35(28,4)13-12-30(33)41)9-8-27-31-26(34(3)16-17-34)10-15-38(31,19-18-36(27,37)5)32(42)40-21-20-39-22-23-44-25-24-43-7/h26-31,39,41H,8-25H2,1-7H3,(H,40,42). The number of hydrogen-bond donors (Lipinski definition) is 3. The number of ether oxygens (including phenoxy) is 2. The van der Waals surface area contributed by atoms with Gasteiger partial charge in [-0.2, -0.15) is 0 Å². The highest BCUT2D eigenvalue weighted by molar-refractivity contribution is 5.83. The van der Waals surface area contributed by atoms with Crippen molar-refractivity contribution in [1.82, 2.24) is 10.6 Å². The molecule has 6 aliphatic rings. The second-order valence-corrected chi connectivity index (χ2v) is 18.1. The lowest BCUT2D eigenvalue weighted by Crippen LogP contribution is -2.67. The predicted octanol–water partition coefficient (Wildman–Crippen LogP) is 6.60. The Morgan fingerprint density at radius 2 is 1.50 bits per heavy atom. The van der Waals surface area contributed by atoms with Crippen molar-refractivity contribution in [2.45, 2.75) is 125 Å². The molecule has 0 aromatic heterocycles. The second-order valence-electron chi connectivity index (χ2n) is 18.1. The molecule has 1 amide bonds. The molecule has 6 rings (SSSR count). The van der Waals surface area contributed by atoms with E-state index in [-0.39, 0.29) is 22.3 Å². The van der Waals surface area contributed by atoms with Crippen LogP contribution >= 0.6 is 0 Å². The highest BCUT2D eigenvalue weighted by Gasteiger charge is 2.73. The maximum Gasteiger partial charge on any atom is 0.226 e. The first-order valence-corrected chi connectivity index (χ1v) is 18.5. The lowest BCUT2D eigenvalue weighted by Gasteiger charge is -2.73. The average Bonchev–Trinajstić information content (AvgIpc) is 3.59. The van der Waals surface area contributed by atoms with Gasteiger partial charge in [-0.15, -0.1) is 0 Å². The summed E-state index contributed by atoms with van der Waals surface area (Å²) < 4.78 is 10.6. The van der Waals surface area contributed by atoms with Crippen LogP contribution in [0.2, 0.25) is 0 Å². The van der Waals surface area contributed by atoms with Gasteiger partial charge in [-0.25, -0.2) is 0 Å². The molecular formula is C38H66N2O4. The molecule has 6 heteroatoms. The molecule has 10 atom stereocenters. The van der Waals surface area contributed by atoms with Crippen LogP contribution in [0.1, 0.15) is 119 Å². The summed E-state index contributed by atoms with van der Waals surface area (Å²) in [7, 11) is 1.69. The van der Waals surface area contributed by atoms with E-state index >= 15 is 0 Å². The molecule has 6 aliphatic carbocycles. The van der Waals surface area contributed by atoms with Gasteiger partial charge in [-0.1, -0.05) is 41.5 Å². The maximum atomic E-state index is 14.4. The van der Waals surface area contributed by atoms with Gasteiger partial charge in [0.15, 0.2) is 0 Å². The minimum Gasteiger partial charge on any atom is -0.393 e. The van der Waals surface area contributed by atoms with Crippen molar-refractivity contribution in [2.24, 2.45) is 62.1 Å². The third-order valence-electron chi connectivity index (χ3n) is 16.2. The summed E-state index contributed by atoms with van der Waals surface area (Å²) in [6.07, 6.45) is 14.4. The number of carbonyl (C=O) groups is 1. The van der Waals surface area contributed by atoms with Gasteiger partial charge in [0.1, 0.15) is 0 Å². The van der Waals surface area contributed by atoms with E-state index in [0.29, 0.717) is 78.1 Å². The topological polar surface area (TPSA) is 79.8 Å². The smallest absolute Gasteiger partial charge is 0.226 e. The number of carbonyl (C=O) groups excluding carboxylic acids is 1. The van der Waals surface area contributed by atoms with Gasteiger partial charge in [-0.05, 0) is 134 Å². The van der Waals surface area contributed by atoms with E-state index in [1.165, 1.54) is 57.8 Å². The van der Waals surface area contributed by atoms with Crippen LogP contribution in [0, 0.1) is 62.1 Å². The van der Waals surface area contributed by atoms with Gasteiger partial charge in [-0.3, -0.25) is 4.79 Å². The Morgan fingerprint density at radius 1 is 0.727 bits per heavy atom. The summed E-state index contributed by atoms with van der Waals surface area (Å²) in [5.41, 5.74) is 1.13. The fraction of sp³-hybridized carbons (Fsp3) is 0.974. The molecule has 0 heterocycles. The van der Waals surface area contributed by atoms with Gasteiger partial charge in [0, 0.05) is 26.7 Å². The van der Waals surface area contributed by atoms with Gasteiger partial charge in [0.2, 0.25) is 5.91 Å². The first kappa shape index (κ1) is 33.2. The quantitative estimate of drug-likeness (QED) is 0.229. The van der Waals surface area contributed by atoms with Gasteiger partial charge < -0.3 is 25.2 Å². The maximum absolute atomic E-state index is 14.4. The molecule has 6 fully saturated rings. The lowest BCUT2D eigenvalue weighted by molar-refractivity contribution is -0.248. The van der Waals surface area contributed by atoms with Crippen molar-refractivity contribution in [2.75, 3.05) is 46.6 Å². The Bertz CT molecular complexity index is 1060. The molecule has 3 N–H and O–H groups in total. The Balaban J connectivity index is 1.20. The molecule has 0 bridgehead atoms. The molecule has 0 aliphatic heterocycles. The monoisotopic (exact) mass is 615 g/mol. The molecule has 0 saturated heterocycles. The van der Waals surface area contributed by atoms with Crippen LogP contribution in [0.15, 0.2) is 0 Å². The summed E-state index contributed by atoms with van der Waals surface area (Å²) in [5, 5.41) is 18.0. The van der Waals surface area contributed by atoms with Crippen molar-refractivity contribution in [3.05, 3.63) is 0 Å². The van der Waals surface area contributed by atoms with Crippen LogP contribution in [0.5, 0.6) is 0 Å². The highest BCUT2D eigenvalue weighted by atomic mass is 16.5. The Hall–Kier alpha value is -0.690. The first-order chi connectivity index (χ1) is 20.8. The third kappa shape index (κ3) is 4.96. The zero-order valence-corrected chi connectivity index (χ0v) is 29.4. The number of rotatable bonds is 11. The minimum atomic E-state index is -0.190. The van der Waals surface area contributed by atoms with Crippen molar-refractivity contribution in [1.29, 1.82) is 0 Å². The number of methoxy groups -OCH3 is 1. The average molecular weight is 615 g/mol. The molecule has 10 unspecified atom stereocenters. The summed E-state index contributed by atoms with van der Waals surface area (Å²) in [5.74, 6) is 3.52. The predicted molar refractivity (Wildman–Crippen MR) is 176 cm³/mol. The Kier molecular flexibility index (Phi) is 8.89. The minimum absolute atomic E-state index is 0.00506. The first-order valence-electron chi connectivity index (χ1n) is 18.5. The van der Waals surface area contributed by atoms with Crippen molar-refractivity contribution >= 4 is 5.91 Å². The molecule has 6 saturated carbocycles. The normalized spacial score (nSPS) is 46.7. The molecule has 0 aromatic carbocycles. The number of nitrogens with one attached hydrogen (secondary N) is 2. The lowest BCUT2D eigenvalue weighted by atomic mass is 9.32. The number of aliphatic hydroxyl groups excluding tert-OH is 1. The molecular weight excluding hydrogens is 548 g/mol. The number of hydrogen-bond acceptors (Lipinski definition) is 5. The zero-order chi connectivity index (χ0) is 31.6. The van der Waals surface area contributed by atoms with Crippen LogP contribution in [0.3, 0.4) is 0 Å². The molecule has 0 radical (unpaired) electrons. The van der Waals surface area contributed by atoms with Crippen LogP contribution in [-0.2, 0) is 14.3 Å². The van der Waals surface area contributed by atoms with Gasteiger partial charge >= 0.3 is 0 Å². The summed E-state index contributed by atoms with van der Waals surface area (Å²) in [4.78, 5) is 14.4. The van der Waals surface area contributed by atoms with Crippen LogP contribution in [0.25, 0.3) is 0 Å². The van der Waals surface area contributed by atoms with Crippen molar-refractivity contribution in [3.63, 3.8) is 0 Å². The van der Waals surface area contributed by atoms with Crippen LogP contribution in [-0.4, -0.2) is 63.7 Å². The largest absolute Gasteiger partial charge is 0.393 e. The SMILES string of the molecule is COCCOCCNCCNC(=O)C12CCC(C3(C)CC3)C1C1CCC3C4(C)CCC(O)C(C)(C)C4CCC3(C)C1(C)CC2. The Labute approximate surface area is 268 Å². The van der Waals surface area contributed by atoms with E-state index in [2.05, 4.69) is 52.2 Å². The van der Waals surface area contributed by atoms with E-state index in [0.717, 1.165) is 32.4 Å². The van der Waals surface area contributed by atoms with Gasteiger partial charge in [0.25, 0.3) is 0 Å². The Morgan fingerprint density at radius 3 is 2.23 bits per heavy atom. The summed E-state index contributed by atoms with van der Waals surface area (Å²) in [6, 6.07) is 0. The fourth-order valence-corrected chi connectivity index (χ4v) is 13.3. The zero-order valence-electron chi connectivity index (χ0n) is 29.4. The van der Waals surface area contributed by atoms with E-state index in [1.807, 2.05) is 0 Å². The third-order valence-corrected chi connectivity index (χ3v) is 16.2. The molecule has 0 spiro atoms. The second kappa shape index (κ2) is 11.8.